The van der Waals surface area contributed by atoms with Crippen molar-refractivity contribution in [3.05, 3.63) is 167 Å². The first-order valence-corrected chi connectivity index (χ1v) is 21.2. The van der Waals surface area contributed by atoms with Crippen LogP contribution in [0.2, 0.25) is 0 Å². The van der Waals surface area contributed by atoms with Crippen molar-refractivity contribution in [3.8, 4) is 67.5 Å². The second-order valence-corrected chi connectivity index (χ2v) is 19.6. The van der Waals surface area contributed by atoms with E-state index in [9.17, 15) is 5.11 Å². The first-order valence-electron chi connectivity index (χ1n) is 25.2. The molecule has 0 atom stereocenters. The molecular weight excluding hydrogens is 950 g/mol. The van der Waals surface area contributed by atoms with Crippen molar-refractivity contribution in [2.45, 2.75) is 105 Å². The summed E-state index contributed by atoms with van der Waals surface area (Å²) in [4.78, 5) is 10.3. The van der Waals surface area contributed by atoms with E-state index in [0.29, 0.717) is 33.7 Å². The van der Waals surface area contributed by atoms with Crippen LogP contribution in [0, 0.1) is 12.9 Å². The molecule has 0 fully saturated rings. The summed E-state index contributed by atoms with van der Waals surface area (Å²) in [5, 5.41) is 12.5. The van der Waals surface area contributed by atoms with Crippen molar-refractivity contribution in [1.82, 2.24) is 14.5 Å². The molecular formula is C58H60N3OPt-. The Morgan fingerprint density at radius 1 is 0.667 bits per heavy atom. The van der Waals surface area contributed by atoms with E-state index in [4.69, 9.17) is 20.9 Å². The van der Waals surface area contributed by atoms with Crippen LogP contribution in [0.5, 0.6) is 5.75 Å². The minimum atomic E-state index is -2.83. The Bertz CT molecular complexity index is 3320. The van der Waals surface area contributed by atoms with Crippen LogP contribution in [0.1, 0.15) is 121 Å². The van der Waals surface area contributed by atoms with E-state index in [1.54, 1.807) is 18.3 Å². The second-order valence-electron chi connectivity index (χ2n) is 19.6. The van der Waals surface area contributed by atoms with E-state index >= 15 is 0 Å². The maximum atomic E-state index is 12.5. The smallest absolute Gasteiger partial charge is 0.148 e. The van der Waals surface area contributed by atoms with E-state index in [1.807, 2.05) is 62.4 Å². The van der Waals surface area contributed by atoms with Crippen LogP contribution in [0.25, 0.3) is 72.7 Å². The number of phenols is 1. The number of benzene rings is 6. The first kappa shape index (κ1) is 35.8. The molecule has 0 amide bonds. The third kappa shape index (κ3) is 9.11. The largest absolute Gasteiger partial charge is 0.507 e. The van der Waals surface area contributed by atoms with Crippen molar-refractivity contribution in [1.29, 1.82) is 0 Å². The van der Waals surface area contributed by atoms with Gasteiger partial charge in [0.25, 0.3) is 0 Å². The summed E-state index contributed by atoms with van der Waals surface area (Å²) < 4.78 is 69.8. The van der Waals surface area contributed by atoms with Crippen molar-refractivity contribution in [2.24, 2.45) is 0 Å². The predicted octanol–water partition coefficient (Wildman–Crippen LogP) is 15.6. The summed E-state index contributed by atoms with van der Waals surface area (Å²) in [6.07, 6.45) is 1.54. The Labute approximate surface area is 401 Å². The van der Waals surface area contributed by atoms with Gasteiger partial charge in [-0.25, -0.2) is 4.98 Å². The van der Waals surface area contributed by atoms with Crippen LogP contribution in [0.15, 0.2) is 133 Å². The Hall–Kier alpha value is -5.57. The topological polar surface area (TPSA) is 50.9 Å². The van der Waals surface area contributed by atoms with Crippen LogP contribution in [0.4, 0.5) is 0 Å². The van der Waals surface area contributed by atoms with E-state index in [0.717, 1.165) is 55.7 Å². The molecule has 2 heterocycles. The van der Waals surface area contributed by atoms with Gasteiger partial charge in [0.2, 0.25) is 0 Å². The molecule has 0 aliphatic heterocycles. The van der Waals surface area contributed by atoms with E-state index in [-0.39, 0.29) is 43.2 Å². The standard InChI is InChI=1S/C58H60N3O.Pt/c1-36(2)40-25-26-51(47(32-40)39-17-14-13-15-18-39)61-52-20-16-19-46(53(52)60-55(61)48-34-45(57(7,8)9)35-49(54(48)62)58(10,11)12)42-29-43(31-44(30-42)56(4,5)6)50-33-41(27-28-59-50)38-23-21-37(3)22-24-38;/h13-28,30-36,62H,1-12H3;/q-1;/i3D3,21D,22D,23D,24D,36D;. The normalized spacial score (nSPS) is 14.4. The minimum absolute atomic E-state index is 0. The molecule has 0 radical (unpaired) electrons. The number of aromatic hydroxyl groups is 1. The van der Waals surface area contributed by atoms with E-state index in [1.165, 1.54) is 0 Å². The fraction of sp³-hybridized carbons (Fsp3) is 0.276. The molecule has 0 aliphatic carbocycles. The average molecular weight is 1020 g/mol. The summed E-state index contributed by atoms with van der Waals surface area (Å²) in [5.41, 5.74) is 9.59. The predicted molar refractivity (Wildman–Crippen MR) is 261 cm³/mol. The van der Waals surface area contributed by atoms with Crippen LogP contribution in [0.3, 0.4) is 0 Å². The van der Waals surface area contributed by atoms with Crippen LogP contribution >= 0.6 is 0 Å². The molecule has 8 aromatic rings. The number of hydrogen-bond donors (Lipinski definition) is 1. The summed E-state index contributed by atoms with van der Waals surface area (Å²) in [6, 6.07) is 35.4. The summed E-state index contributed by atoms with van der Waals surface area (Å²) in [6.45, 7) is 20.1. The molecule has 324 valence electrons. The zero-order chi connectivity index (χ0) is 51.2. The van der Waals surface area contributed by atoms with Crippen LogP contribution in [-0.2, 0) is 37.3 Å². The summed E-state index contributed by atoms with van der Waals surface area (Å²) in [5.74, 6) is -0.201. The van der Waals surface area contributed by atoms with Crippen LogP contribution in [-0.4, -0.2) is 19.6 Å². The van der Waals surface area contributed by atoms with Gasteiger partial charge in [-0.05, 0) is 87.1 Å². The van der Waals surface area contributed by atoms with Gasteiger partial charge in [0.05, 0.1) is 27.8 Å². The minimum Gasteiger partial charge on any atom is -0.507 e. The Balaban J connectivity index is 0.00000741. The number of fused-ring (bicyclic) bond motifs is 1. The number of rotatable bonds is 7. The maximum Gasteiger partial charge on any atom is 0.148 e. The van der Waals surface area contributed by atoms with Gasteiger partial charge in [-0.15, -0.1) is 29.3 Å². The van der Waals surface area contributed by atoms with E-state index < -0.39 is 47.9 Å². The molecule has 5 heteroatoms. The number of phenolic OH excluding ortho intramolecular Hbond substituents is 1. The zero-order valence-electron chi connectivity index (χ0n) is 46.0. The number of pyridine rings is 1. The first-order chi connectivity index (χ1) is 32.5. The third-order valence-electron chi connectivity index (χ3n) is 11.6. The molecule has 0 unspecified atom stereocenters. The van der Waals surface area contributed by atoms with Crippen molar-refractivity contribution in [3.63, 3.8) is 0 Å². The monoisotopic (exact) mass is 1020 g/mol. The third-order valence-corrected chi connectivity index (χ3v) is 11.6. The van der Waals surface area contributed by atoms with E-state index in [2.05, 4.69) is 115 Å². The maximum absolute atomic E-state index is 12.5. The number of hydrogen-bond acceptors (Lipinski definition) is 3. The van der Waals surface area contributed by atoms with Gasteiger partial charge in [0, 0.05) is 49.6 Å². The van der Waals surface area contributed by atoms with Gasteiger partial charge in [-0.3, -0.25) is 9.55 Å². The van der Waals surface area contributed by atoms with Gasteiger partial charge in [0.1, 0.15) is 11.6 Å². The molecule has 1 N–H and O–H groups in total. The van der Waals surface area contributed by atoms with Crippen molar-refractivity contribution in [2.75, 3.05) is 0 Å². The zero-order valence-corrected chi connectivity index (χ0v) is 40.3. The fourth-order valence-corrected chi connectivity index (χ4v) is 7.92. The van der Waals surface area contributed by atoms with Gasteiger partial charge < -0.3 is 5.11 Å². The number of imidazole rings is 1. The molecule has 0 spiro atoms. The number of nitrogens with zero attached hydrogens (tertiary/aromatic N) is 3. The summed E-state index contributed by atoms with van der Waals surface area (Å²) >= 11 is 0. The molecule has 4 nitrogen and oxygen atoms in total. The molecule has 8 rings (SSSR count). The van der Waals surface area contributed by atoms with Crippen molar-refractivity contribution < 1.29 is 37.1 Å². The molecule has 6 aromatic carbocycles. The van der Waals surface area contributed by atoms with Gasteiger partial charge >= 0.3 is 0 Å². The molecule has 0 aliphatic rings. The number of aromatic nitrogens is 3. The van der Waals surface area contributed by atoms with Crippen LogP contribution < -0.4 is 0 Å². The molecule has 2 aromatic heterocycles. The Morgan fingerprint density at radius 3 is 2.00 bits per heavy atom. The average Bonchev–Trinajstić information content (AvgIpc) is 3.66. The Kier molecular flexibility index (Phi) is 9.78. The SMILES string of the molecule is [2H]c1c([2H])c(C([2H])([2H])[2H])c([2H])c([2H])c1-c1ccnc(-c2[c-]c(-c3cccc4c3nc(-c3cc(C(C)(C)C)cc(C(C)(C)C)c3O)n4-c3ccc(C([2H])(C)C)cc3-c3ccccc3)cc(C(C)(C)C)c2)c1.[Pt]. The van der Waals surface area contributed by atoms with Gasteiger partial charge in [-0.2, -0.15) is 0 Å². The Morgan fingerprint density at radius 2 is 1.35 bits per heavy atom. The second kappa shape index (κ2) is 17.2. The molecule has 0 bridgehead atoms. The molecule has 63 heavy (non-hydrogen) atoms. The number of para-hydroxylation sites is 1. The summed E-state index contributed by atoms with van der Waals surface area (Å²) in [7, 11) is 0. The van der Waals surface area contributed by atoms with Gasteiger partial charge in [0.15, 0.2) is 0 Å². The molecule has 0 saturated heterocycles. The van der Waals surface area contributed by atoms with Crippen molar-refractivity contribution >= 4 is 11.0 Å². The van der Waals surface area contributed by atoms with Gasteiger partial charge in [-0.1, -0.05) is 178 Å². The fourth-order valence-electron chi connectivity index (χ4n) is 7.92. The quantitative estimate of drug-likeness (QED) is 0.162. The molecule has 0 saturated carbocycles.